The Morgan fingerprint density at radius 3 is 3.00 bits per heavy atom. The number of nitrogens with zero attached hydrogens (tertiary/aromatic N) is 3. The molecule has 1 aromatic heterocycles. The highest BCUT2D eigenvalue weighted by Gasteiger charge is 2.55. The molecule has 3 heterocycles. The zero-order chi connectivity index (χ0) is 16.4. The molecule has 23 heavy (non-hydrogen) atoms. The van der Waals surface area contributed by atoms with E-state index in [1.54, 1.807) is 11.1 Å². The van der Waals surface area contributed by atoms with Crippen molar-refractivity contribution < 1.29 is 14.7 Å². The van der Waals surface area contributed by atoms with E-state index in [9.17, 15) is 14.7 Å². The van der Waals surface area contributed by atoms with E-state index in [0.717, 1.165) is 31.4 Å². The number of H-pyrrole nitrogens is 1. The number of aromatic nitrogens is 2. The van der Waals surface area contributed by atoms with Crippen molar-refractivity contribution in [2.75, 3.05) is 33.2 Å². The first-order chi connectivity index (χ1) is 11.0. The molecule has 0 aliphatic carbocycles. The molecule has 2 fully saturated rings. The van der Waals surface area contributed by atoms with E-state index in [0.29, 0.717) is 26.1 Å². The molecule has 7 heteroatoms. The highest BCUT2D eigenvalue weighted by Crippen LogP contribution is 2.42. The lowest BCUT2D eigenvalue weighted by Gasteiger charge is -2.39. The van der Waals surface area contributed by atoms with Gasteiger partial charge < -0.3 is 14.9 Å². The van der Waals surface area contributed by atoms with Crippen LogP contribution in [0.2, 0.25) is 0 Å². The van der Waals surface area contributed by atoms with E-state index in [4.69, 9.17) is 0 Å². The van der Waals surface area contributed by atoms with Gasteiger partial charge in [0.2, 0.25) is 5.91 Å². The van der Waals surface area contributed by atoms with Crippen LogP contribution in [0, 0.1) is 11.3 Å². The summed E-state index contributed by atoms with van der Waals surface area (Å²) in [6.07, 6.45) is 6.49. The van der Waals surface area contributed by atoms with Gasteiger partial charge in [-0.2, -0.15) is 5.10 Å². The van der Waals surface area contributed by atoms with Crippen molar-refractivity contribution >= 4 is 11.9 Å². The summed E-state index contributed by atoms with van der Waals surface area (Å²) in [5.74, 6) is -0.608. The third-order valence-corrected chi connectivity index (χ3v) is 5.30. The van der Waals surface area contributed by atoms with Crippen LogP contribution in [-0.2, 0) is 16.0 Å². The Morgan fingerprint density at radius 1 is 1.48 bits per heavy atom. The first-order valence-corrected chi connectivity index (χ1v) is 8.18. The van der Waals surface area contributed by atoms with Gasteiger partial charge in [0.15, 0.2) is 0 Å². The van der Waals surface area contributed by atoms with Gasteiger partial charge in [-0.1, -0.05) is 0 Å². The predicted octanol–water partition coefficient (Wildman–Crippen LogP) is 0.597. The lowest BCUT2D eigenvalue weighted by Crippen LogP contribution is -2.52. The SMILES string of the molecule is CN1CC[C@H]2CN(C(=O)CCCc3cn[nH]c3)C[C@@]2(C(=O)O)C1. The number of amides is 1. The maximum absolute atomic E-state index is 12.5. The van der Waals surface area contributed by atoms with E-state index < -0.39 is 11.4 Å². The van der Waals surface area contributed by atoms with Crippen molar-refractivity contribution in [2.45, 2.75) is 25.7 Å². The Hall–Kier alpha value is -1.89. The van der Waals surface area contributed by atoms with Crippen LogP contribution in [0.25, 0.3) is 0 Å². The van der Waals surface area contributed by atoms with E-state index in [1.807, 2.05) is 13.2 Å². The molecule has 126 valence electrons. The average molecular weight is 320 g/mol. The van der Waals surface area contributed by atoms with Crippen molar-refractivity contribution in [3.63, 3.8) is 0 Å². The lowest BCUT2D eigenvalue weighted by atomic mass is 9.73. The molecular weight excluding hydrogens is 296 g/mol. The second-order valence-electron chi connectivity index (χ2n) is 6.92. The van der Waals surface area contributed by atoms with Gasteiger partial charge in [0.1, 0.15) is 5.41 Å². The lowest BCUT2D eigenvalue weighted by molar-refractivity contribution is -0.154. The zero-order valence-electron chi connectivity index (χ0n) is 13.5. The van der Waals surface area contributed by atoms with E-state index >= 15 is 0 Å². The average Bonchev–Trinajstić information content (AvgIpc) is 3.14. The first kappa shape index (κ1) is 16.0. The van der Waals surface area contributed by atoms with E-state index in [1.165, 1.54) is 0 Å². The monoisotopic (exact) mass is 320 g/mol. The molecule has 1 aromatic rings. The minimum atomic E-state index is -0.785. The Balaban J connectivity index is 1.58. The van der Waals surface area contributed by atoms with Gasteiger partial charge in [-0.05, 0) is 44.3 Å². The number of hydrogen-bond donors (Lipinski definition) is 2. The number of carboxylic acid groups (broad SMARTS) is 1. The third-order valence-electron chi connectivity index (χ3n) is 5.30. The summed E-state index contributed by atoms with van der Waals surface area (Å²) in [5, 5.41) is 16.4. The predicted molar refractivity (Wildman–Crippen MR) is 83.8 cm³/mol. The van der Waals surface area contributed by atoms with E-state index in [2.05, 4.69) is 15.1 Å². The summed E-state index contributed by atoms with van der Waals surface area (Å²) in [5.41, 5.74) is 0.309. The molecule has 0 unspecified atom stereocenters. The van der Waals surface area contributed by atoms with Crippen molar-refractivity contribution in [1.29, 1.82) is 0 Å². The number of aliphatic carboxylic acids is 1. The number of carbonyl (C=O) groups is 2. The Bertz CT molecular complexity index is 574. The second kappa shape index (κ2) is 6.31. The molecule has 2 atom stereocenters. The fourth-order valence-electron chi connectivity index (χ4n) is 3.97. The molecule has 2 N–H and O–H groups in total. The smallest absolute Gasteiger partial charge is 0.313 e. The minimum absolute atomic E-state index is 0.0752. The summed E-state index contributed by atoms with van der Waals surface area (Å²) >= 11 is 0. The third kappa shape index (κ3) is 3.10. The number of likely N-dealkylation sites (tertiary alicyclic amines) is 2. The molecule has 0 radical (unpaired) electrons. The van der Waals surface area contributed by atoms with Gasteiger partial charge in [-0.15, -0.1) is 0 Å². The number of nitrogens with one attached hydrogen (secondary N) is 1. The van der Waals surface area contributed by atoms with Crippen LogP contribution >= 0.6 is 0 Å². The van der Waals surface area contributed by atoms with Crippen LogP contribution in [0.5, 0.6) is 0 Å². The van der Waals surface area contributed by atoms with Crippen molar-refractivity contribution in [3.8, 4) is 0 Å². The topological polar surface area (TPSA) is 89.5 Å². The fraction of sp³-hybridized carbons (Fsp3) is 0.688. The second-order valence-corrected chi connectivity index (χ2v) is 6.92. The highest BCUT2D eigenvalue weighted by atomic mass is 16.4. The van der Waals surface area contributed by atoms with Crippen LogP contribution in [0.4, 0.5) is 0 Å². The summed E-state index contributed by atoms with van der Waals surface area (Å²) in [6, 6.07) is 0. The van der Waals surface area contributed by atoms with Gasteiger partial charge in [-0.3, -0.25) is 14.7 Å². The van der Waals surface area contributed by atoms with Crippen LogP contribution in [0.15, 0.2) is 12.4 Å². The molecule has 1 amide bonds. The van der Waals surface area contributed by atoms with Crippen molar-refractivity contribution in [2.24, 2.45) is 11.3 Å². The number of aryl methyl sites for hydroxylation is 1. The van der Waals surface area contributed by atoms with Crippen LogP contribution in [0.3, 0.4) is 0 Å². The van der Waals surface area contributed by atoms with Crippen molar-refractivity contribution in [3.05, 3.63) is 18.0 Å². The Labute approximate surface area is 135 Å². The van der Waals surface area contributed by atoms with Crippen LogP contribution in [-0.4, -0.2) is 70.2 Å². The van der Waals surface area contributed by atoms with Crippen LogP contribution in [0.1, 0.15) is 24.8 Å². The number of fused-ring (bicyclic) bond motifs is 1. The molecule has 7 nitrogen and oxygen atoms in total. The number of aromatic amines is 1. The van der Waals surface area contributed by atoms with Crippen LogP contribution < -0.4 is 0 Å². The quantitative estimate of drug-likeness (QED) is 0.829. The minimum Gasteiger partial charge on any atom is -0.481 e. The Kier molecular flexibility index (Phi) is 4.39. The molecule has 0 aromatic carbocycles. The van der Waals surface area contributed by atoms with Gasteiger partial charge in [0.25, 0.3) is 0 Å². The largest absolute Gasteiger partial charge is 0.481 e. The normalized spacial score (nSPS) is 27.9. The highest BCUT2D eigenvalue weighted by molar-refractivity contribution is 5.81. The van der Waals surface area contributed by atoms with Gasteiger partial charge in [0, 0.05) is 32.3 Å². The van der Waals surface area contributed by atoms with Gasteiger partial charge in [-0.25, -0.2) is 0 Å². The Morgan fingerprint density at radius 2 is 2.30 bits per heavy atom. The molecule has 0 spiro atoms. The molecule has 2 saturated heterocycles. The number of piperidine rings is 1. The summed E-state index contributed by atoms with van der Waals surface area (Å²) in [4.78, 5) is 28.2. The van der Waals surface area contributed by atoms with E-state index in [-0.39, 0.29) is 11.8 Å². The van der Waals surface area contributed by atoms with Gasteiger partial charge >= 0.3 is 5.97 Å². The molecule has 0 bridgehead atoms. The zero-order valence-corrected chi connectivity index (χ0v) is 13.5. The molecule has 3 rings (SSSR count). The summed E-state index contributed by atoms with van der Waals surface area (Å²) in [6.45, 7) is 2.38. The van der Waals surface area contributed by atoms with Crippen molar-refractivity contribution in [1.82, 2.24) is 20.0 Å². The maximum atomic E-state index is 12.5. The standard InChI is InChI=1S/C16H24N4O3/c1-19-6-5-13-9-20(11-16(13,10-19)15(22)23)14(21)4-2-3-12-7-17-18-8-12/h7-8,13H,2-6,9-11H2,1H3,(H,17,18)(H,22,23)/t13-,16-/m0/s1. The number of carboxylic acids is 1. The van der Waals surface area contributed by atoms with Gasteiger partial charge in [0.05, 0.1) is 6.20 Å². The maximum Gasteiger partial charge on any atom is 0.313 e. The molecule has 2 aliphatic rings. The first-order valence-electron chi connectivity index (χ1n) is 8.18. The summed E-state index contributed by atoms with van der Waals surface area (Å²) < 4.78 is 0. The molecule has 0 saturated carbocycles. The number of carbonyl (C=O) groups excluding carboxylic acids is 1. The fourth-order valence-corrected chi connectivity index (χ4v) is 3.97. The molecular formula is C16H24N4O3. The number of rotatable bonds is 5. The summed E-state index contributed by atoms with van der Waals surface area (Å²) in [7, 11) is 1.95. The number of hydrogen-bond acceptors (Lipinski definition) is 4. The molecule has 2 aliphatic heterocycles.